The number of hydrogen-bond donors (Lipinski definition) is 2. The van der Waals surface area contributed by atoms with Gasteiger partial charge in [0, 0.05) is 23.1 Å². The van der Waals surface area contributed by atoms with Crippen LogP contribution in [0.3, 0.4) is 0 Å². The highest BCUT2D eigenvalue weighted by Crippen LogP contribution is 2.24. The first kappa shape index (κ1) is 15.1. The summed E-state index contributed by atoms with van der Waals surface area (Å²) < 4.78 is 5.08. The second kappa shape index (κ2) is 7.44. The molecule has 1 heterocycles. The fourth-order valence-electron chi connectivity index (χ4n) is 1.62. The van der Waals surface area contributed by atoms with Gasteiger partial charge in [0.15, 0.2) is 0 Å². The van der Waals surface area contributed by atoms with Crippen molar-refractivity contribution >= 4 is 29.2 Å². The van der Waals surface area contributed by atoms with Gasteiger partial charge in [-0.3, -0.25) is 0 Å². The van der Waals surface area contributed by atoms with Gasteiger partial charge in [-0.25, -0.2) is 15.8 Å². The molecule has 0 unspecified atom stereocenters. The van der Waals surface area contributed by atoms with Crippen molar-refractivity contribution in [1.29, 1.82) is 0 Å². The van der Waals surface area contributed by atoms with Gasteiger partial charge < -0.3 is 10.2 Å². The van der Waals surface area contributed by atoms with Gasteiger partial charge in [0.25, 0.3) is 0 Å². The predicted molar refractivity (Wildman–Crippen MR) is 81.6 cm³/mol. The summed E-state index contributed by atoms with van der Waals surface area (Å²) in [5.41, 5.74) is 3.33. The number of rotatable bonds is 6. The Morgan fingerprint density at radius 2 is 2.20 bits per heavy atom. The van der Waals surface area contributed by atoms with Gasteiger partial charge in [-0.05, 0) is 18.2 Å². The maximum atomic E-state index is 5.95. The monoisotopic (exact) mass is 310 g/mol. The zero-order chi connectivity index (χ0) is 14.4. The van der Waals surface area contributed by atoms with E-state index in [4.69, 9.17) is 22.2 Å². The molecule has 0 atom stereocenters. The Bertz CT molecular complexity index is 582. The minimum Gasteiger partial charge on any atom is -0.378 e. The molecule has 1 aromatic heterocycles. The van der Waals surface area contributed by atoms with E-state index < -0.39 is 0 Å². The molecule has 2 aromatic rings. The van der Waals surface area contributed by atoms with E-state index in [2.05, 4.69) is 15.4 Å². The van der Waals surface area contributed by atoms with Crippen LogP contribution in [0.15, 0.2) is 35.2 Å². The van der Waals surface area contributed by atoms with Gasteiger partial charge in [0.05, 0.1) is 18.1 Å². The van der Waals surface area contributed by atoms with E-state index in [0.29, 0.717) is 29.0 Å². The van der Waals surface area contributed by atoms with Crippen molar-refractivity contribution in [3.05, 3.63) is 46.9 Å². The number of benzene rings is 1. The van der Waals surface area contributed by atoms with Crippen LogP contribution >= 0.6 is 23.4 Å². The Kier molecular flexibility index (Phi) is 5.60. The highest BCUT2D eigenvalue weighted by atomic mass is 35.5. The average molecular weight is 311 g/mol. The van der Waals surface area contributed by atoms with Crippen molar-refractivity contribution in [1.82, 2.24) is 9.97 Å². The van der Waals surface area contributed by atoms with Crippen LogP contribution in [-0.4, -0.2) is 17.1 Å². The first-order valence-corrected chi connectivity index (χ1v) is 7.28. The SMILES string of the molecule is COCc1cc(NN)nc(CSc2cccc(Cl)c2)n1. The van der Waals surface area contributed by atoms with Gasteiger partial charge in [-0.2, -0.15) is 0 Å². The summed E-state index contributed by atoms with van der Waals surface area (Å²) in [6, 6.07) is 9.43. The number of nitrogens with two attached hydrogens (primary N) is 1. The summed E-state index contributed by atoms with van der Waals surface area (Å²) in [4.78, 5) is 9.81. The molecule has 5 nitrogen and oxygen atoms in total. The summed E-state index contributed by atoms with van der Waals surface area (Å²) in [7, 11) is 1.62. The lowest BCUT2D eigenvalue weighted by Gasteiger charge is -2.07. The number of ether oxygens (including phenoxy) is 1. The molecule has 3 N–H and O–H groups in total. The summed E-state index contributed by atoms with van der Waals surface area (Å²) in [6.07, 6.45) is 0. The van der Waals surface area contributed by atoms with E-state index >= 15 is 0 Å². The molecule has 20 heavy (non-hydrogen) atoms. The zero-order valence-electron chi connectivity index (χ0n) is 11.0. The maximum absolute atomic E-state index is 5.95. The van der Waals surface area contributed by atoms with E-state index in [1.807, 2.05) is 24.3 Å². The van der Waals surface area contributed by atoms with Crippen LogP contribution in [0.4, 0.5) is 5.82 Å². The Morgan fingerprint density at radius 1 is 1.35 bits per heavy atom. The molecule has 0 aliphatic rings. The smallest absolute Gasteiger partial charge is 0.144 e. The van der Waals surface area contributed by atoms with E-state index in [-0.39, 0.29) is 0 Å². The molecule has 106 valence electrons. The Balaban J connectivity index is 2.10. The number of methoxy groups -OCH3 is 1. The van der Waals surface area contributed by atoms with E-state index in [9.17, 15) is 0 Å². The van der Waals surface area contributed by atoms with Gasteiger partial charge in [0.2, 0.25) is 0 Å². The van der Waals surface area contributed by atoms with Crippen LogP contribution in [-0.2, 0) is 17.1 Å². The molecule has 0 fully saturated rings. The van der Waals surface area contributed by atoms with Crippen molar-refractivity contribution in [3.63, 3.8) is 0 Å². The number of halogens is 1. The van der Waals surface area contributed by atoms with Crippen LogP contribution in [0.1, 0.15) is 11.5 Å². The second-order valence-electron chi connectivity index (χ2n) is 3.98. The molecule has 7 heteroatoms. The van der Waals surface area contributed by atoms with Crippen molar-refractivity contribution in [3.8, 4) is 0 Å². The number of aromatic nitrogens is 2. The van der Waals surface area contributed by atoms with E-state index in [1.165, 1.54) is 0 Å². The molecule has 0 saturated heterocycles. The molecular weight excluding hydrogens is 296 g/mol. The number of nitrogens with zero attached hydrogens (tertiary/aromatic N) is 2. The van der Waals surface area contributed by atoms with Crippen LogP contribution in [0.5, 0.6) is 0 Å². The highest BCUT2D eigenvalue weighted by Gasteiger charge is 2.05. The minimum absolute atomic E-state index is 0.423. The largest absolute Gasteiger partial charge is 0.378 e. The normalized spacial score (nSPS) is 10.6. The quantitative estimate of drug-likeness (QED) is 0.485. The first-order chi connectivity index (χ1) is 9.71. The minimum atomic E-state index is 0.423. The summed E-state index contributed by atoms with van der Waals surface area (Å²) >= 11 is 7.57. The number of anilines is 1. The van der Waals surface area contributed by atoms with Crippen molar-refractivity contribution in [2.45, 2.75) is 17.3 Å². The third kappa shape index (κ3) is 4.35. The third-order valence-electron chi connectivity index (χ3n) is 2.43. The molecular formula is C13H15ClN4OS. The number of hydrazine groups is 1. The molecule has 0 bridgehead atoms. The van der Waals surface area contributed by atoms with Gasteiger partial charge in [-0.15, -0.1) is 11.8 Å². The number of nitrogens with one attached hydrogen (secondary N) is 1. The second-order valence-corrected chi connectivity index (χ2v) is 5.47. The van der Waals surface area contributed by atoms with E-state index in [1.54, 1.807) is 24.9 Å². The predicted octanol–water partition coefficient (Wildman–Crippen LogP) is 2.85. The summed E-state index contributed by atoms with van der Waals surface area (Å²) in [5.74, 6) is 7.31. The number of nitrogen functional groups attached to an aromatic ring is 1. The lowest BCUT2D eigenvalue weighted by atomic mass is 10.4. The standard InChI is InChI=1S/C13H15ClN4OS/c1-19-7-10-6-12(18-15)17-13(16-10)8-20-11-4-2-3-9(14)5-11/h2-6H,7-8,15H2,1H3,(H,16,17,18). The summed E-state index contributed by atoms with van der Waals surface area (Å²) in [6.45, 7) is 0.423. The topological polar surface area (TPSA) is 73.1 Å². The first-order valence-electron chi connectivity index (χ1n) is 5.92. The molecule has 0 amide bonds. The molecule has 0 aliphatic heterocycles. The number of thioether (sulfide) groups is 1. The van der Waals surface area contributed by atoms with E-state index in [0.717, 1.165) is 10.6 Å². The number of hydrogen-bond acceptors (Lipinski definition) is 6. The van der Waals surface area contributed by atoms with Gasteiger partial charge >= 0.3 is 0 Å². The maximum Gasteiger partial charge on any atom is 0.144 e. The molecule has 0 saturated carbocycles. The Morgan fingerprint density at radius 3 is 2.90 bits per heavy atom. The Hall–Kier alpha value is -1.34. The van der Waals surface area contributed by atoms with Crippen LogP contribution < -0.4 is 11.3 Å². The van der Waals surface area contributed by atoms with Crippen LogP contribution in [0.25, 0.3) is 0 Å². The van der Waals surface area contributed by atoms with Crippen molar-refractivity contribution in [2.75, 3.05) is 12.5 Å². The van der Waals surface area contributed by atoms with Crippen LogP contribution in [0, 0.1) is 0 Å². The molecule has 0 aliphatic carbocycles. The van der Waals surface area contributed by atoms with Crippen molar-refractivity contribution in [2.24, 2.45) is 5.84 Å². The molecule has 0 radical (unpaired) electrons. The molecule has 1 aromatic carbocycles. The fourth-order valence-corrected chi connectivity index (χ4v) is 2.68. The van der Waals surface area contributed by atoms with Gasteiger partial charge in [0.1, 0.15) is 11.6 Å². The zero-order valence-corrected chi connectivity index (χ0v) is 12.5. The highest BCUT2D eigenvalue weighted by molar-refractivity contribution is 7.98. The van der Waals surface area contributed by atoms with Crippen molar-refractivity contribution < 1.29 is 4.74 Å². The molecule has 0 spiro atoms. The Labute approximate surface area is 126 Å². The lowest BCUT2D eigenvalue weighted by molar-refractivity contribution is 0.181. The van der Waals surface area contributed by atoms with Gasteiger partial charge in [-0.1, -0.05) is 17.7 Å². The average Bonchev–Trinajstić information content (AvgIpc) is 2.45. The lowest BCUT2D eigenvalue weighted by Crippen LogP contribution is -2.11. The fraction of sp³-hybridized carbons (Fsp3) is 0.231. The molecule has 2 rings (SSSR count). The summed E-state index contributed by atoms with van der Waals surface area (Å²) in [5, 5.41) is 0.716. The third-order valence-corrected chi connectivity index (χ3v) is 3.65. The van der Waals surface area contributed by atoms with Crippen LogP contribution in [0.2, 0.25) is 5.02 Å².